The van der Waals surface area contributed by atoms with Gasteiger partial charge in [0, 0.05) is 17.3 Å². The van der Waals surface area contributed by atoms with Crippen molar-refractivity contribution in [1.29, 1.82) is 0 Å². The Morgan fingerprint density at radius 3 is 2.28 bits per heavy atom. The molecule has 25 heavy (non-hydrogen) atoms. The summed E-state index contributed by atoms with van der Waals surface area (Å²) in [7, 11) is 0. The van der Waals surface area contributed by atoms with E-state index >= 15 is 0 Å². The number of pyridine rings is 1. The molecule has 1 aromatic heterocycles. The van der Waals surface area contributed by atoms with E-state index in [1.165, 1.54) is 48.7 Å². The van der Waals surface area contributed by atoms with Gasteiger partial charge in [0.1, 0.15) is 11.4 Å². The molecule has 0 spiro atoms. The quantitative estimate of drug-likeness (QED) is 0.650. The van der Waals surface area contributed by atoms with Gasteiger partial charge in [-0.15, -0.1) is 12.4 Å². The van der Waals surface area contributed by atoms with Gasteiger partial charge < -0.3 is 15.5 Å². The average molecular weight is 363 g/mol. The Balaban J connectivity index is 0.00000225. The minimum absolute atomic E-state index is 0. The first-order valence-corrected chi connectivity index (χ1v) is 6.87. The Hall–Kier alpha value is -3.19. The van der Waals surface area contributed by atoms with Gasteiger partial charge in [-0.2, -0.15) is 0 Å². The fourth-order valence-corrected chi connectivity index (χ4v) is 2.30. The van der Waals surface area contributed by atoms with Crippen molar-refractivity contribution in [3.8, 4) is 0 Å². The van der Waals surface area contributed by atoms with Crippen molar-refractivity contribution < 1.29 is 24.2 Å². The minimum atomic E-state index is -1.21. The van der Waals surface area contributed by atoms with Crippen molar-refractivity contribution in [1.82, 2.24) is 4.98 Å². The third kappa shape index (κ3) is 3.67. The lowest BCUT2D eigenvalue weighted by Crippen LogP contribution is -2.05. The Bertz CT molecular complexity index is 956. The van der Waals surface area contributed by atoms with Gasteiger partial charge in [0.15, 0.2) is 0 Å². The lowest BCUT2D eigenvalue weighted by atomic mass is 10.1. The van der Waals surface area contributed by atoms with Gasteiger partial charge in [-0.05, 0) is 42.5 Å². The summed E-state index contributed by atoms with van der Waals surface area (Å²) in [5, 5.41) is 21.8. The third-order valence-electron chi connectivity index (χ3n) is 3.46. The number of halogens is 2. The lowest BCUT2D eigenvalue weighted by Gasteiger charge is -2.13. The molecule has 3 rings (SSSR count). The zero-order chi connectivity index (χ0) is 17.3. The van der Waals surface area contributed by atoms with Gasteiger partial charge in [0.2, 0.25) is 0 Å². The van der Waals surface area contributed by atoms with Crippen molar-refractivity contribution in [2.45, 2.75) is 0 Å². The largest absolute Gasteiger partial charge is 0.478 e. The Morgan fingerprint density at radius 1 is 1.00 bits per heavy atom. The van der Waals surface area contributed by atoms with Gasteiger partial charge in [-0.1, -0.05) is 0 Å². The van der Waals surface area contributed by atoms with Crippen LogP contribution in [0.4, 0.5) is 15.8 Å². The standard InChI is InChI=1S/C17H11FN2O4.ClH/c18-10-2-4-11(5-3-10)20-15-12-7-9(16(21)22)1-6-14(12)19-8-13(15)17(23)24;/h1-8H,(H,19,20)(H,21,22)(H,23,24);1H. The summed E-state index contributed by atoms with van der Waals surface area (Å²) < 4.78 is 13.0. The maximum Gasteiger partial charge on any atom is 0.339 e. The molecule has 0 saturated heterocycles. The zero-order valence-corrected chi connectivity index (χ0v) is 13.4. The molecular formula is C17H12ClFN2O4. The number of nitrogens with zero attached hydrogens (tertiary/aromatic N) is 1. The molecule has 6 nitrogen and oxygen atoms in total. The number of carboxylic acids is 2. The van der Waals surface area contributed by atoms with E-state index in [4.69, 9.17) is 5.11 Å². The fraction of sp³-hybridized carbons (Fsp3) is 0. The highest BCUT2D eigenvalue weighted by Gasteiger charge is 2.16. The first-order chi connectivity index (χ1) is 11.5. The molecule has 0 atom stereocenters. The SMILES string of the molecule is Cl.O=C(O)c1ccc2ncc(C(=O)O)c(Nc3ccc(F)cc3)c2c1. The lowest BCUT2D eigenvalue weighted by molar-refractivity contribution is 0.0687. The van der Waals surface area contributed by atoms with Crippen LogP contribution in [0.5, 0.6) is 0 Å². The fourth-order valence-electron chi connectivity index (χ4n) is 2.30. The monoisotopic (exact) mass is 362 g/mol. The number of rotatable bonds is 4. The molecule has 0 unspecified atom stereocenters. The number of aromatic nitrogens is 1. The van der Waals surface area contributed by atoms with Crippen LogP contribution >= 0.6 is 12.4 Å². The molecule has 0 radical (unpaired) electrons. The normalized spacial score (nSPS) is 10.1. The molecule has 2 aromatic carbocycles. The number of aromatic carboxylic acids is 2. The van der Waals surface area contributed by atoms with E-state index in [1.54, 1.807) is 0 Å². The summed E-state index contributed by atoms with van der Waals surface area (Å²) in [6, 6.07) is 9.61. The second kappa shape index (κ2) is 7.14. The summed E-state index contributed by atoms with van der Waals surface area (Å²) in [5.41, 5.74) is 0.993. The number of carbonyl (C=O) groups is 2. The average Bonchev–Trinajstić information content (AvgIpc) is 2.56. The number of hydrogen-bond donors (Lipinski definition) is 3. The highest BCUT2D eigenvalue weighted by atomic mass is 35.5. The highest BCUT2D eigenvalue weighted by Crippen LogP contribution is 2.30. The second-order valence-electron chi connectivity index (χ2n) is 5.02. The van der Waals surface area contributed by atoms with E-state index < -0.39 is 17.8 Å². The van der Waals surface area contributed by atoms with E-state index in [0.717, 1.165) is 0 Å². The van der Waals surface area contributed by atoms with E-state index in [2.05, 4.69) is 10.3 Å². The Kier molecular flexibility index (Phi) is 5.19. The number of carboxylic acid groups (broad SMARTS) is 2. The molecule has 0 bridgehead atoms. The highest BCUT2D eigenvalue weighted by molar-refractivity contribution is 6.07. The molecule has 8 heteroatoms. The van der Waals surface area contributed by atoms with Gasteiger partial charge in [-0.3, -0.25) is 4.98 Å². The van der Waals surface area contributed by atoms with Crippen molar-refractivity contribution in [3.63, 3.8) is 0 Å². The van der Waals surface area contributed by atoms with Crippen LogP contribution in [0.15, 0.2) is 48.7 Å². The molecular weight excluding hydrogens is 351 g/mol. The summed E-state index contributed by atoms with van der Waals surface area (Å²) >= 11 is 0. The molecule has 0 fully saturated rings. The Morgan fingerprint density at radius 2 is 1.68 bits per heavy atom. The number of anilines is 2. The van der Waals surface area contributed by atoms with E-state index in [1.807, 2.05) is 0 Å². The first-order valence-electron chi connectivity index (χ1n) is 6.87. The number of fused-ring (bicyclic) bond motifs is 1. The van der Waals surface area contributed by atoms with Crippen molar-refractivity contribution in [2.24, 2.45) is 0 Å². The van der Waals surface area contributed by atoms with Crippen LogP contribution in [-0.2, 0) is 0 Å². The van der Waals surface area contributed by atoms with E-state index in [9.17, 15) is 19.1 Å². The molecule has 3 aromatic rings. The maximum atomic E-state index is 13.0. The number of nitrogens with one attached hydrogen (secondary N) is 1. The molecule has 0 aliphatic heterocycles. The van der Waals surface area contributed by atoms with Gasteiger partial charge >= 0.3 is 11.9 Å². The molecule has 0 aliphatic rings. The van der Waals surface area contributed by atoms with Crippen LogP contribution in [0, 0.1) is 5.82 Å². The predicted molar refractivity (Wildman–Crippen MR) is 92.6 cm³/mol. The third-order valence-corrected chi connectivity index (χ3v) is 3.46. The van der Waals surface area contributed by atoms with Crippen LogP contribution in [-0.4, -0.2) is 27.1 Å². The van der Waals surface area contributed by atoms with Crippen molar-refractivity contribution in [3.05, 3.63) is 65.6 Å². The van der Waals surface area contributed by atoms with Gasteiger partial charge in [-0.25, -0.2) is 14.0 Å². The van der Waals surface area contributed by atoms with Crippen LogP contribution in [0.3, 0.4) is 0 Å². The molecule has 0 amide bonds. The second-order valence-corrected chi connectivity index (χ2v) is 5.02. The van der Waals surface area contributed by atoms with Crippen LogP contribution < -0.4 is 5.32 Å². The van der Waals surface area contributed by atoms with Crippen molar-refractivity contribution >= 4 is 46.6 Å². The molecule has 0 aliphatic carbocycles. The van der Waals surface area contributed by atoms with E-state index in [0.29, 0.717) is 16.6 Å². The molecule has 128 valence electrons. The topological polar surface area (TPSA) is 99.5 Å². The minimum Gasteiger partial charge on any atom is -0.478 e. The number of hydrogen-bond acceptors (Lipinski definition) is 4. The van der Waals surface area contributed by atoms with Crippen LogP contribution in [0.2, 0.25) is 0 Å². The maximum absolute atomic E-state index is 13.0. The van der Waals surface area contributed by atoms with E-state index in [-0.39, 0.29) is 29.2 Å². The van der Waals surface area contributed by atoms with Crippen molar-refractivity contribution in [2.75, 3.05) is 5.32 Å². The molecule has 0 saturated carbocycles. The zero-order valence-electron chi connectivity index (χ0n) is 12.6. The van der Waals surface area contributed by atoms with Gasteiger partial charge in [0.05, 0.1) is 16.8 Å². The van der Waals surface area contributed by atoms with Gasteiger partial charge in [0.25, 0.3) is 0 Å². The van der Waals surface area contributed by atoms with Crippen LogP contribution in [0.1, 0.15) is 20.7 Å². The Labute approximate surface area is 147 Å². The summed E-state index contributed by atoms with van der Waals surface area (Å²) in [6.07, 6.45) is 1.19. The predicted octanol–water partition coefficient (Wildman–Crippen LogP) is 3.94. The summed E-state index contributed by atoms with van der Waals surface area (Å²) in [5.74, 6) is -2.77. The molecule has 1 heterocycles. The molecule has 3 N–H and O–H groups in total. The first kappa shape index (κ1) is 18.2. The van der Waals surface area contributed by atoms with Crippen LogP contribution in [0.25, 0.3) is 10.9 Å². The summed E-state index contributed by atoms with van der Waals surface area (Å²) in [6.45, 7) is 0. The number of benzene rings is 2. The smallest absolute Gasteiger partial charge is 0.339 e. The summed E-state index contributed by atoms with van der Waals surface area (Å²) in [4.78, 5) is 26.7.